The average Bonchev–Trinajstić information content (AvgIpc) is 2.19. The molecule has 0 saturated heterocycles. The van der Waals surface area contributed by atoms with Gasteiger partial charge in [-0.3, -0.25) is 4.79 Å². The fraction of sp³-hybridized carbons (Fsp3) is 0.417. The van der Waals surface area contributed by atoms with E-state index in [-0.39, 0.29) is 5.75 Å². The Labute approximate surface area is 99.4 Å². The van der Waals surface area contributed by atoms with Crippen LogP contribution in [0.15, 0.2) is 24.3 Å². The maximum atomic E-state index is 13.5. The van der Waals surface area contributed by atoms with Crippen molar-refractivity contribution in [3.05, 3.63) is 29.3 Å². The lowest BCUT2D eigenvalue weighted by Crippen LogP contribution is -2.33. The second kappa shape index (κ2) is 4.83. The summed E-state index contributed by atoms with van der Waals surface area (Å²) in [5.41, 5.74) is -0.758. The number of ketones is 1. The number of carbonyl (C=O) groups excluding carboxylic acids is 1. The summed E-state index contributed by atoms with van der Waals surface area (Å²) in [6.07, 6.45) is -1.94. The van der Waals surface area contributed by atoms with Gasteiger partial charge in [-0.05, 0) is 24.3 Å². The minimum absolute atomic E-state index is 0.287. The SMILES string of the molecule is CC(C)(C)C(=O)C(F)Oc1ccc(Cl)cc1. The molecule has 0 fully saturated rings. The van der Waals surface area contributed by atoms with Gasteiger partial charge in [0.1, 0.15) is 5.75 Å². The van der Waals surface area contributed by atoms with E-state index in [0.29, 0.717) is 5.02 Å². The highest BCUT2D eigenvalue weighted by atomic mass is 35.5. The van der Waals surface area contributed by atoms with Gasteiger partial charge in [0, 0.05) is 10.4 Å². The quantitative estimate of drug-likeness (QED) is 0.812. The van der Waals surface area contributed by atoms with Gasteiger partial charge in [-0.2, -0.15) is 4.39 Å². The van der Waals surface area contributed by atoms with E-state index >= 15 is 0 Å². The monoisotopic (exact) mass is 244 g/mol. The van der Waals surface area contributed by atoms with Gasteiger partial charge in [0.2, 0.25) is 5.78 Å². The van der Waals surface area contributed by atoms with Gasteiger partial charge >= 0.3 is 0 Å². The highest BCUT2D eigenvalue weighted by molar-refractivity contribution is 6.30. The summed E-state index contributed by atoms with van der Waals surface area (Å²) in [6, 6.07) is 6.19. The summed E-state index contributed by atoms with van der Waals surface area (Å²) in [5.74, 6) is -0.294. The number of rotatable bonds is 3. The third-order valence-corrected chi connectivity index (χ3v) is 2.25. The van der Waals surface area contributed by atoms with Gasteiger partial charge in [0.05, 0.1) is 0 Å². The average molecular weight is 245 g/mol. The lowest BCUT2D eigenvalue weighted by Gasteiger charge is -2.19. The Morgan fingerprint density at radius 2 is 1.81 bits per heavy atom. The second-order valence-corrected chi connectivity index (χ2v) is 4.94. The van der Waals surface area contributed by atoms with Crippen molar-refractivity contribution < 1.29 is 13.9 Å². The Morgan fingerprint density at radius 1 is 1.31 bits per heavy atom. The van der Waals surface area contributed by atoms with Crippen LogP contribution in [0.4, 0.5) is 4.39 Å². The Hall–Kier alpha value is -1.09. The first-order valence-electron chi connectivity index (χ1n) is 4.91. The highest BCUT2D eigenvalue weighted by Gasteiger charge is 2.31. The first-order valence-corrected chi connectivity index (χ1v) is 5.29. The molecule has 1 aromatic rings. The normalized spacial score (nSPS) is 13.3. The fourth-order valence-corrected chi connectivity index (χ4v) is 1.15. The standard InChI is InChI=1S/C12H14ClFO2/c1-12(2,3)10(15)11(14)16-9-6-4-8(13)5-7-9/h4-7,11H,1-3H3. The second-order valence-electron chi connectivity index (χ2n) is 4.50. The van der Waals surface area contributed by atoms with Crippen LogP contribution in [0.3, 0.4) is 0 Å². The lowest BCUT2D eigenvalue weighted by atomic mass is 9.91. The molecular weight excluding hydrogens is 231 g/mol. The molecule has 0 aliphatic carbocycles. The Bertz CT molecular complexity index is 368. The van der Waals surface area contributed by atoms with Crippen LogP contribution in [-0.4, -0.2) is 12.1 Å². The number of hydrogen-bond acceptors (Lipinski definition) is 2. The van der Waals surface area contributed by atoms with Crippen LogP contribution in [0.5, 0.6) is 5.75 Å². The van der Waals surface area contributed by atoms with E-state index in [1.807, 2.05) is 0 Å². The van der Waals surface area contributed by atoms with E-state index < -0.39 is 17.6 Å². The molecule has 0 amide bonds. The highest BCUT2D eigenvalue weighted by Crippen LogP contribution is 2.22. The molecule has 1 unspecified atom stereocenters. The number of Topliss-reactive ketones (excluding diaryl/α,β-unsaturated/α-hetero) is 1. The van der Waals surface area contributed by atoms with Gasteiger partial charge < -0.3 is 4.74 Å². The molecule has 0 saturated carbocycles. The number of benzene rings is 1. The van der Waals surface area contributed by atoms with Gasteiger partial charge in [-0.1, -0.05) is 32.4 Å². The van der Waals surface area contributed by atoms with Crippen molar-refractivity contribution >= 4 is 17.4 Å². The molecule has 0 radical (unpaired) electrons. The molecule has 1 aromatic carbocycles. The molecule has 1 atom stereocenters. The van der Waals surface area contributed by atoms with Crippen molar-refractivity contribution in [3.8, 4) is 5.75 Å². The molecule has 0 N–H and O–H groups in total. The van der Waals surface area contributed by atoms with E-state index in [0.717, 1.165) is 0 Å². The molecule has 0 aliphatic heterocycles. The molecular formula is C12H14ClFO2. The van der Waals surface area contributed by atoms with Crippen molar-refractivity contribution in [2.24, 2.45) is 5.41 Å². The predicted molar refractivity (Wildman–Crippen MR) is 61.4 cm³/mol. The topological polar surface area (TPSA) is 26.3 Å². The molecule has 4 heteroatoms. The molecule has 2 nitrogen and oxygen atoms in total. The first kappa shape index (κ1) is 13.0. The number of carbonyl (C=O) groups is 1. The van der Waals surface area contributed by atoms with Crippen LogP contribution >= 0.6 is 11.6 Å². The molecule has 0 bridgehead atoms. The molecule has 1 rings (SSSR count). The third kappa shape index (κ3) is 3.49. The summed E-state index contributed by atoms with van der Waals surface area (Å²) in [4.78, 5) is 11.5. The number of alkyl halides is 1. The zero-order valence-electron chi connectivity index (χ0n) is 9.46. The van der Waals surface area contributed by atoms with Gasteiger partial charge in [-0.25, -0.2) is 0 Å². The summed E-state index contributed by atoms with van der Waals surface area (Å²) in [6.45, 7) is 4.94. The van der Waals surface area contributed by atoms with Crippen LogP contribution in [0, 0.1) is 5.41 Å². The molecule has 0 heterocycles. The Morgan fingerprint density at radius 3 is 2.25 bits per heavy atom. The minimum atomic E-state index is -1.94. The van der Waals surface area contributed by atoms with E-state index in [2.05, 4.69) is 0 Å². The van der Waals surface area contributed by atoms with Crippen molar-refractivity contribution in [2.75, 3.05) is 0 Å². The summed E-state index contributed by atoms with van der Waals surface area (Å²) in [5, 5.41) is 0.532. The third-order valence-electron chi connectivity index (χ3n) is 2.00. The number of ether oxygens (including phenoxy) is 1. The van der Waals surface area contributed by atoms with Crippen LogP contribution in [0.2, 0.25) is 5.02 Å². The van der Waals surface area contributed by atoms with Crippen LogP contribution < -0.4 is 4.74 Å². The zero-order chi connectivity index (χ0) is 12.3. The fourth-order valence-electron chi connectivity index (χ4n) is 1.03. The van der Waals surface area contributed by atoms with E-state index in [1.165, 1.54) is 12.1 Å². The molecule has 0 spiro atoms. The summed E-state index contributed by atoms with van der Waals surface area (Å²) in [7, 11) is 0. The molecule has 88 valence electrons. The van der Waals surface area contributed by atoms with Crippen LogP contribution in [0.1, 0.15) is 20.8 Å². The molecule has 16 heavy (non-hydrogen) atoms. The van der Waals surface area contributed by atoms with Crippen molar-refractivity contribution in [2.45, 2.75) is 27.1 Å². The van der Waals surface area contributed by atoms with E-state index in [1.54, 1.807) is 32.9 Å². The zero-order valence-corrected chi connectivity index (χ0v) is 10.2. The molecule has 0 aliphatic rings. The van der Waals surface area contributed by atoms with Crippen molar-refractivity contribution in [3.63, 3.8) is 0 Å². The first-order chi connectivity index (χ1) is 7.30. The Kier molecular flexibility index (Phi) is 3.92. The largest absolute Gasteiger partial charge is 0.453 e. The summed E-state index contributed by atoms with van der Waals surface area (Å²) >= 11 is 5.67. The smallest absolute Gasteiger partial charge is 0.297 e. The number of hydrogen-bond donors (Lipinski definition) is 0. The maximum Gasteiger partial charge on any atom is 0.297 e. The van der Waals surface area contributed by atoms with Gasteiger partial charge in [-0.15, -0.1) is 0 Å². The van der Waals surface area contributed by atoms with Gasteiger partial charge in [0.25, 0.3) is 6.36 Å². The van der Waals surface area contributed by atoms with E-state index in [4.69, 9.17) is 16.3 Å². The van der Waals surface area contributed by atoms with E-state index in [9.17, 15) is 9.18 Å². The predicted octanol–water partition coefficient (Wildman–Crippen LogP) is 3.63. The lowest BCUT2D eigenvalue weighted by molar-refractivity contribution is -0.141. The Balaban J connectivity index is 2.68. The van der Waals surface area contributed by atoms with Crippen LogP contribution in [-0.2, 0) is 4.79 Å². The van der Waals surface area contributed by atoms with Gasteiger partial charge in [0.15, 0.2) is 0 Å². The maximum absolute atomic E-state index is 13.5. The number of halogens is 2. The minimum Gasteiger partial charge on any atom is -0.453 e. The van der Waals surface area contributed by atoms with Crippen molar-refractivity contribution in [1.29, 1.82) is 0 Å². The summed E-state index contributed by atoms with van der Waals surface area (Å²) < 4.78 is 18.4. The van der Waals surface area contributed by atoms with Crippen LogP contribution in [0.25, 0.3) is 0 Å². The van der Waals surface area contributed by atoms with Crippen molar-refractivity contribution in [1.82, 2.24) is 0 Å². The molecule has 0 aromatic heterocycles.